The first kappa shape index (κ1) is 17.9. The van der Waals surface area contributed by atoms with E-state index in [4.69, 9.17) is 14.7 Å². The average molecular weight is 342 g/mol. The third kappa shape index (κ3) is 5.04. The summed E-state index contributed by atoms with van der Waals surface area (Å²) in [7, 11) is 0. The molecule has 2 rings (SSSR count). The summed E-state index contributed by atoms with van der Waals surface area (Å²) in [5.74, 6) is -2.10. The molecule has 0 saturated carbocycles. The van der Waals surface area contributed by atoms with Crippen molar-refractivity contribution in [1.82, 2.24) is 0 Å². The Morgan fingerprint density at radius 3 is 2.60 bits per heavy atom. The maximum atomic E-state index is 13.4. The second-order valence-electron chi connectivity index (χ2n) is 5.00. The molecule has 1 amide bonds. The molecule has 0 fully saturated rings. The topological polar surface area (TPSA) is 88.4 Å². The number of hydrogen-bond acceptors (Lipinski definition) is 5. The largest absolute Gasteiger partial charge is 0.479 e. The Bertz CT molecular complexity index is 817. The number of para-hydroxylation sites is 2. The molecule has 25 heavy (non-hydrogen) atoms. The van der Waals surface area contributed by atoms with Gasteiger partial charge in [0.1, 0.15) is 6.07 Å². The molecule has 128 valence electrons. The van der Waals surface area contributed by atoms with Gasteiger partial charge in [-0.25, -0.2) is 9.18 Å². The highest BCUT2D eigenvalue weighted by Gasteiger charge is 2.19. The minimum Gasteiger partial charge on any atom is -0.479 e. The van der Waals surface area contributed by atoms with Gasteiger partial charge in [0.25, 0.3) is 5.91 Å². The van der Waals surface area contributed by atoms with Crippen LogP contribution in [0.15, 0.2) is 48.5 Å². The summed E-state index contributed by atoms with van der Waals surface area (Å²) in [4.78, 5) is 23.8. The number of carbonyl (C=O) groups is 2. The van der Waals surface area contributed by atoms with E-state index in [9.17, 15) is 14.0 Å². The van der Waals surface area contributed by atoms with E-state index in [1.165, 1.54) is 25.1 Å². The van der Waals surface area contributed by atoms with Crippen LogP contribution in [0.5, 0.6) is 5.75 Å². The first-order chi connectivity index (χ1) is 12.0. The van der Waals surface area contributed by atoms with Crippen LogP contribution in [0.2, 0.25) is 0 Å². The molecular weight excluding hydrogens is 327 g/mol. The normalized spacial score (nSPS) is 11.1. The predicted octanol–water partition coefficient (Wildman–Crippen LogP) is 2.65. The van der Waals surface area contributed by atoms with Crippen molar-refractivity contribution in [2.45, 2.75) is 13.0 Å². The van der Waals surface area contributed by atoms with Crippen LogP contribution in [-0.2, 0) is 14.3 Å². The quantitative estimate of drug-likeness (QED) is 0.815. The number of ether oxygens (including phenoxy) is 2. The maximum absolute atomic E-state index is 13.4. The highest BCUT2D eigenvalue weighted by Crippen LogP contribution is 2.16. The van der Waals surface area contributed by atoms with Gasteiger partial charge in [-0.1, -0.05) is 24.3 Å². The molecule has 0 spiro atoms. The van der Waals surface area contributed by atoms with Crippen LogP contribution < -0.4 is 10.1 Å². The number of anilines is 1. The van der Waals surface area contributed by atoms with Crippen molar-refractivity contribution in [3.05, 3.63) is 59.9 Å². The standard InChI is InChI=1S/C18H15FN2O4/c1-12(18(23)21-15-8-4-2-6-13(15)10-20)25-17(22)11-24-16-9-5-3-7-14(16)19/h2-9,12H,11H2,1H3,(H,21,23)/t12-/m0/s1. The minimum atomic E-state index is -1.11. The predicted molar refractivity (Wildman–Crippen MR) is 87.2 cm³/mol. The summed E-state index contributed by atoms with van der Waals surface area (Å²) in [6, 6.07) is 14.0. The smallest absolute Gasteiger partial charge is 0.344 e. The highest BCUT2D eigenvalue weighted by molar-refractivity contribution is 5.96. The van der Waals surface area contributed by atoms with Crippen LogP contribution in [-0.4, -0.2) is 24.6 Å². The molecule has 0 bridgehead atoms. The van der Waals surface area contributed by atoms with E-state index in [0.29, 0.717) is 5.69 Å². The Balaban J connectivity index is 1.87. The van der Waals surface area contributed by atoms with Crippen molar-refractivity contribution in [1.29, 1.82) is 5.26 Å². The van der Waals surface area contributed by atoms with E-state index in [-0.39, 0.29) is 11.3 Å². The Morgan fingerprint density at radius 2 is 1.88 bits per heavy atom. The average Bonchev–Trinajstić information content (AvgIpc) is 2.61. The third-order valence-corrected chi connectivity index (χ3v) is 3.17. The fourth-order valence-electron chi connectivity index (χ4n) is 1.91. The van der Waals surface area contributed by atoms with E-state index in [1.54, 1.807) is 30.3 Å². The lowest BCUT2D eigenvalue weighted by Crippen LogP contribution is -2.32. The van der Waals surface area contributed by atoms with E-state index in [0.717, 1.165) is 0 Å². The lowest BCUT2D eigenvalue weighted by atomic mass is 10.2. The van der Waals surface area contributed by atoms with Crippen molar-refractivity contribution in [2.24, 2.45) is 0 Å². The third-order valence-electron chi connectivity index (χ3n) is 3.17. The summed E-state index contributed by atoms with van der Waals surface area (Å²) in [5, 5.41) is 11.5. The van der Waals surface area contributed by atoms with Crippen molar-refractivity contribution in [2.75, 3.05) is 11.9 Å². The van der Waals surface area contributed by atoms with E-state index < -0.39 is 30.4 Å². The van der Waals surface area contributed by atoms with Crippen molar-refractivity contribution < 1.29 is 23.5 Å². The number of amides is 1. The molecule has 0 aromatic heterocycles. The van der Waals surface area contributed by atoms with Crippen LogP contribution in [0.1, 0.15) is 12.5 Å². The molecule has 2 aromatic rings. The van der Waals surface area contributed by atoms with E-state index >= 15 is 0 Å². The van der Waals surface area contributed by atoms with Gasteiger partial charge in [-0.3, -0.25) is 4.79 Å². The van der Waals surface area contributed by atoms with E-state index in [2.05, 4.69) is 5.32 Å². The summed E-state index contributed by atoms with van der Waals surface area (Å²) in [5.41, 5.74) is 0.609. The van der Waals surface area contributed by atoms with Gasteiger partial charge in [-0.05, 0) is 31.2 Å². The number of nitrogens with zero attached hydrogens (tertiary/aromatic N) is 1. The summed E-state index contributed by atoms with van der Waals surface area (Å²) >= 11 is 0. The number of esters is 1. The molecule has 1 N–H and O–H groups in total. The molecule has 0 aliphatic rings. The summed E-state index contributed by atoms with van der Waals surface area (Å²) < 4.78 is 23.3. The summed E-state index contributed by atoms with van der Waals surface area (Å²) in [6.07, 6.45) is -1.11. The van der Waals surface area contributed by atoms with Crippen LogP contribution >= 0.6 is 0 Å². The molecule has 7 heteroatoms. The molecule has 0 unspecified atom stereocenters. The van der Waals surface area contributed by atoms with Crippen molar-refractivity contribution in [3.63, 3.8) is 0 Å². The van der Waals surface area contributed by atoms with Crippen LogP contribution in [0.4, 0.5) is 10.1 Å². The lowest BCUT2D eigenvalue weighted by Gasteiger charge is -2.14. The molecule has 0 radical (unpaired) electrons. The number of carbonyl (C=O) groups excluding carboxylic acids is 2. The molecule has 0 aliphatic heterocycles. The number of benzene rings is 2. The molecular formula is C18H15FN2O4. The first-order valence-corrected chi connectivity index (χ1v) is 7.38. The zero-order valence-electron chi connectivity index (χ0n) is 13.4. The molecule has 0 heterocycles. The van der Waals surface area contributed by atoms with Gasteiger partial charge in [-0.15, -0.1) is 0 Å². The van der Waals surface area contributed by atoms with Crippen LogP contribution in [0.3, 0.4) is 0 Å². The number of halogens is 1. The number of nitriles is 1. The Kier molecular flexibility index (Phi) is 6.07. The fourth-order valence-corrected chi connectivity index (χ4v) is 1.91. The van der Waals surface area contributed by atoms with Gasteiger partial charge in [-0.2, -0.15) is 5.26 Å². The highest BCUT2D eigenvalue weighted by atomic mass is 19.1. The van der Waals surface area contributed by atoms with Gasteiger partial charge in [0.15, 0.2) is 24.3 Å². The monoisotopic (exact) mass is 342 g/mol. The molecule has 0 aliphatic carbocycles. The summed E-state index contributed by atoms with van der Waals surface area (Å²) in [6.45, 7) is 0.846. The number of hydrogen-bond donors (Lipinski definition) is 1. The molecule has 0 saturated heterocycles. The SMILES string of the molecule is C[C@H](OC(=O)COc1ccccc1F)C(=O)Nc1ccccc1C#N. The van der Waals surface area contributed by atoms with Crippen molar-refractivity contribution >= 4 is 17.6 Å². The second kappa shape index (κ2) is 8.45. The van der Waals surface area contributed by atoms with Gasteiger partial charge in [0.05, 0.1) is 11.3 Å². The molecule has 1 atom stereocenters. The Morgan fingerprint density at radius 1 is 1.20 bits per heavy atom. The number of rotatable bonds is 6. The van der Waals surface area contributed by atoms with Gasteiger partial charge in [0.2, 0.25) is 0 Å². The number of nitrogens with one attached hydrogen (secondary N) is 1. The van der Waals surface area contributed by atoms with Gasteiger partial charge >= 0.3 is 5.97 Å². The Labute approximate surface area is 143 Å². The molecule has 6 nitrogen and oxygen atoms in total. The zero-order chi connectivity index (χ0) is 18.2. The second-order valence-corrected chi connectivity index (χ2v) is 5.00. The van der Waals surface area contributed by atoms with Gasteiger partial charge < -0.3 is 14.8 Å². The fraction of sp³-hybridized carbons (Fsp3) is 0.167. The van der Waals surface area contributed by atoms with E-state index in [1.807, 2.05) is 6.07 Å². The van der Waals surface area contributed by atoms with Gasteiger partial charge in [0, 0.05) is 0 Å². The lowest BCUT2D eigenvalue weighted by molar-refractivity contribution is -0.155. The van der Waals surface area contributed by atoms with Crippen LogP contribution in [0, 0.1) is 17.1 Å². The zero-order valence-corrected chi connectivity index (χ0v) is 13.4. The minimum absolute atomic E-state index is 0.0838. The maximum Gasteiger partial charge on any atom is 0.344 e. The Hall–Kier alpha value is -3.40. The first-order valence-electron chi connectivity index (χ1n) is 7.38. The van der Waals surface area contributed by atoms with Crippen molar-refractivity contribution in [3.8, 4) is 11.8 Å². The molecule has 2 aromatic carbocycles. The van der Waals surface area contributed by atoms with Crippen LogP contribution in [0.25, 0.3) is 0 Å².